The quantitative estimate of drug-likeness (QED) is 0.757. The topological polar surface area (TPSA) is 64.1 Å². The van der Waals surface area contributed by atoms with Gasteiger partial charge < -0.3 is 15.4 Å². The van der Waals surface area contributed by atoms with Crippen molar-refractivity contribution >= 4 is 0 Å². The van der Waals surface area contributed by atoms with Gasteiger partial charge in [-0.1, -0.05) is 0 Å². The number of nitrogens with zero attached hydrogens (tertiary/aromatic N) is 2. The highest BCUT2D eigenvalue weighted by molar-refractivity contribution is 5.20. The van der Waals surface area contributed by atoms with Gasteiger partial charge in [0, 0.05) is 18.3 Å². The second-order valence-corrected chi connectivity index (χ2v) is 4.31. The fourth-order valence-electron chi connectivity index (χ4n) is 2.27. The number of aryl methyl sites for hydroxylation is 2. The number of imidazole rings is 1. The molecule has 1 unspecified atom stereocenters. The van der Waals surface area contributed by atoms with E-state index in [2.05, 4.69) is 9.55 Å². The zero-order valence-electron chi connectivity index (χ0n) is 9.24. The Balaban J connectivity index is 2.25. The molecule has 4 nitrogen and oxygen atoms in total. The largest absolute Gasteiger partial charge is 0.395 e. The van der Waals surface area contributed by atoms with Gasteiger partial charge in [0.2, 0.25) is 0 Å². The zero-order valence-corrected chi connectivity index (χ0v) is 9.24. The van der Waals surface area contributed by atoms with Crippen LogP contribution in [-0.2, 0) is 19.4 Å². The third kappa shape index (κ3) is 2.06. The summed E-state index contributed by atoms with van der Waals surface area (Å²) in [5, 5.41) is 8.97. The van der Waals surface area contributed by atoms with Gasteiger partial charge in [0.25, 0.3) is 0 Å². The van der Waals surface area contributed by atoms with Crippen LogP contribution in [0.3, 0.4) is 0 Å². The molecule has 0 fully saturated rings. The zero-order chi connectivity index (χ0) is 10.8. The van der Waals surface area contributed by atoms with Gasteiger partial charge in [0.05, 0.1) is 12.3 Å². The van der Waals surface area contributed by atoms with Crippen LogP contribution in [0.4, 0.5) is 0 Å². The van der Waals surface area contributed by atoms with Crippen molar-refractivity contribution in [2.24, 2.45) is 5.73 Å². The summed E-state index contributed by atoms with van der Waals surface area (Å²) < 4.78 is 2.18. The first-order valence-corrected chi connectivity index (χ1v) is 5.63. The maximum Gasteiger partial charge on any atom is 0.106 e. The van der Waals surface area contributed by atoms with Gasteiger partial charge in [-0.15, -0.1) is 0 Å². The molecule has 0 aromatic carbocycles. The smallest absolute Gasteiger partial charge is 0.106 e. The van der Waals surface area contributed by atoms with Gasteiger partial charge in [0.1, 0.15) is 5.82 Å². The van der Waals surface area contributed by atoms with E-state index in [1.54, 1.807) is 0 Å². The minimum Gasteiger partial charge on any atom is -0.395 e. The van der Waals surface area contributed by atoms with E-state index in [9.17, 15) is 0 Å². The maximum absolute atomic E-state index is 8.97. The second kappa shape index (κ2) is 4.33. The molecule has 1 aromatic heterocycles. The Morgan fingerprint density at radius 2 is 2.20 bits per heavy atom. The summed E-state index contributed by atoms with van der Waals surface area (Å²) in [6.07, 6.45) is 4.69. The standard InChI is InChI=1S/C11H19N3O/c1-8-13-10-4-2-3-5-11(10)14(8)6-9(12)7-15/h9,15H,2-7,12H2,1H3. The van der Waals surface area contributed by atoms with Crippen LogP contribution in [0.25, 0.3) is 0 Å². The van der Waals surface area contributed by atoms with E-state index >= 15 is 0 Å². The Kier molecular flexibility index (Phi) is 3.07. The molecule has 84 valence electrons. The van der Waals surface area contributed by atoms with Gasteiger partial charge in [0.15, 0.2) is 0 Å². The highest BCUT2D eigenvalue weighted by Gasteiger charge is 2.18. The molecule has 2 rings (SSSR count). The number of aliphatic hydroxyl groups is 1. The summed E-state index contributed by atoms with van der Waals surface area (Å²) in [5.74, 6) is 1.03. The van der Waals surface area contributed by atoms with Gasteiger partial charge in [-0.2, -0.15) is 0 Å². The Hall–Kier alpha value is -0.870. The Morgan fingerprint density at radius 3 is 2.93 bits per heavy atom. The third-order valence-electron chi connectivity index (χ3n) is 3.08. The van der Waals surface area contributed by atoms with E-state index in [4.69, 9.17) is 10.8 Å². The normalized spacial score (nSPS) is 17.5. The molecule has 0 aliphatic heterocycles. The Bertz CT molecular complexity index is 346. The third-order valence-corrected chi connectivity index (χ3v) is 3.08. The fraction of sp³-hybridized carbons (Fsp3) is 0.727. The van der Waals surface area contributed by atoms with Crippen LogP contribution in [0.5, 0.6) is 0 Å². The second-order valence-electron chi connectivity index (χ2n) is 4.31. The van der Waals surface area contributed by atoms with Crippen LogP contribution in [0.15, 0.2) is 0 Å². The average Bonchev–Trinajstić information content (AvgIpc) is 2.55. The highest BCUT2D eigenvalue weighted by atomic mass is 16.3. The van der Waals surface area contributed by atoms with Crippen LogP contribution in [0.1, 0.15) is 30.1 Å². The molecule has 0 spiro atoms. The van der Waals surface area contributed by atoms with Crippen molar-refractivity contribution in [3.8, 4) is 0 Å². The minimum absolute atomic E-state index is 0.0341. The van der Waals surface area contributed by atoms with E-state index in [-0.39, 0.29) is 12.6 Å². The first-order chi connectivity index (χ1) is 7.22. The number of hydrogen-bond acceptors (Lipinski definition) is 3. The van der Waals surface area contributed by atoms with Crippen LogP contribution in [0, 0.1) is 6.92 Å². The highest BCUT2D eigenvalue weighted by Crippen LogP contribution is 2.22. The van der Waals surface area contributed by atoms with E-state index in [1.807, 2.05) is 6.92 Å². The monoisotopic (exact) mass is 209 g/mol. The molecular weight excluding hydrogens is 190 g/mol. The van der Waals surface area contributed by atoms with E-state index < -0.39 is 0 Å². The van der Waals surface area contributed by atoms with E-state index in [0.717, 1.165) is 18.7 Å². The minimum atomic E-state index is -0.177. The molecule has 0 radical (unpaired) electrons. The lowest BCUT2D eigenvalue weighted by Crippen LogP contribution is -2.31. The van der Waals surface area contributed by atoms with Crippen molar-refractivity contribution in [1.29, 1.82) is 0 Å². The fourth-order valence-corrected chi connectivity index (χ4v) is 2.27. The summed E-state index contributed by atoms with van der Waals surface area (Å²) in [7, 11) is 0. The molecule has 0 bridgehead atoms. The molecule has 1 aliphatic rings. The molecule has 1 heterocycles. The lowest BCUT2D eigenvalue weighted by atomic mass is 10.0. The van der Waals surface area contributed by atoms with Gasteiger partial charge in [-0.3, -0.25) is 0 Å². The van der Waals surface area contributed by atoms with Crippen LogP contribution >= 0.6 is 0 Å². The average molecular weight is 209 g/mol. The van der Waals surface area contributed by atoms with Crippen molar-refractivity contribution < 1.29 is 5.11 Å². The Labute approximate surface area is 90.1 Å². The molecule has 4 heteroatoms. The summed E-state index contributed by atoms with van der Waals surface area (Å²) >= 11 is 0. The molecule has 0 amide bonds. The van der Waals surface area contributed by atoms with Crippen molar-refractivity contribution in [1.82, 2.24) is 9.55 Å². The summed E-state index contributed by atoms with van der Waals surface area (Å²) in [6.45, 7) is 2.74. The molecule has 0 saturated carbocycles. The number of aromatic nitrogens is 2. The maximum atomic E-state index is 8.97. The van der Waals surface area contributed by atoms with Gasteiger partial charge in [-0.25, -0.2) is 4.98 Å². The first kappa shape index (κ1) is 10.6. The molecule has 0 saturated heterocycles. The van der Waals surface area contributed by atoms with Crippen LogP contribution in [0.2, 0.25) is 0 Å². The molecular formula is C11H19N3O. The SMILES string of the molecule is Cc1nc2c(n1CC(N)CO)CCCC2. The van der Waals surface area contributed by atoms with Crippen molar-refractivity contribution in [2.45, 2.75) is 45.2 Å². The number of rotatable bonds is 3. The van der Waals surface area contributed by atoms with Crippen LogP contribution in [-0.4, -0.2) is 27.3 Å². The van der Waals surface area contributed by atoms with E-state index in [1.165, 1.54) is 24.2 Å². The number of fused-ring (bicyclic) bond motifs is 1. The van der Waals surface area contributed by atoms with Crippen LogP contribution < -0.4 is 5.73 Å². The number of hydrogen-bond donors (Lipinski definition) is 2. The molecule has 1 atom stereocenters. The van der Waals surface area contributed by atoms with E-state index in [0.29, 0.717) is 6.54 Å². The Morgan fingerprint density at radius 1 is 1.47 bits per heavy atom. The van der Waals surface area contributed by atoms with Crippen molar-refractivity contribution in [3.05, 3.63) is 17.2 Å². The summed E-state index contributed by atoms with van der Waals surface area (Å²) in [5.41, 5.74) is 8.34. The lowest BCUT2D eigenvalue weighted by molar-refractivity contribution is 0.252. The molecule has 1 aliphatic carbocycles. The molecule has 1 aromatic rings. The molecule has 3 N–H and O–H groups in total. The summed E-state index contributed by atoms with van der Waals surface area (Å²) in [6, 6.07) is -0.177. The first-order valence-electron chi connectivity index (χ1n) is 5.63. The van der Waals surface area contributed by atoms with Gasteiger partial charge in [-0.05, 0) is 32.6 Å². The van der Waals surface area contributed by atoms with Gasteiger partial charge >= 0.3 is 0 Å². The number of nitrogens with two attached hydrogens (primary N) is 1. The number of aliphatic hydroxyl groups excluding tert-OH is 1. The lowest BCUT2D eigenvalue weighted by Gasteiger charge is -2.17. The summed E-state index contributed by atoms with van der Waals surface area (Å²) in [4.78, 5) is 4.56. The van der Waals surface area contributed by atoms with Crippen molar-refractivity contribution in [2.75, 3.05) is 6.61 Å². The van der Waals surface area contributed by atoms with Crippen molar-refractivity contribution in [3.63, 3.8) is 0 Å². The predicted octanol–water partition coefficient (Wildman–Crippen LogP) is 0.390. The predicted molar refractivity (Wildman–Crippen MR) is 58.7 cm³/mol. The molecule has 15 heavy (non-hydrogen) atoms.